The Morgan fingerprint density at radius 1 is 0.371 bits per heavy atom. The second kappa shape index (κ2) is 34.8. The molecule has 1 saturated carbocycles. The van der Waals surface area contributed by atoms with Crippen LogP contribution in [0, 0.1) is 17.8 Å². The van der Waals surface area contributed by atoms with Gasteiger partial charge in [-0.05, 0) is 250 Å². The van der Waals surface area contributed by atoms with E-state index in [-0.39, 0.29) is 58.5 Å². The lowest BCUT2D eigenvalue weighted by atomic mass is 9.87. The van der Waals surface area contributed by atoms with Gasteiger partial charge < -0.3 is 64.6 Å². The van der Waals surface area contributed by atoms with Gasteiger partial charge in [-0.1, -0.05) is 71.2 Å². The van der Waals surface area contributed by atoms with E-state index in [9.17, 15) is 39.6 Å². The quantitative estimate of drug-likeness (QED) is 0.0450. The number of nitrogens with one attached hydrogen (secondary N) is 4. The summed E-state index contributed by atoms with van der Waals surface area (Å²) in [5, 5.41) is 50.3. The van der Waals surface area contributed by atoms with E-state index in [1.807, 2.05) is 100 Å². The third-order valence-electron chi connectivity index (χ3n) is 21.4. The summed E-state index contributed by atoms with van der Waals surface area (Å²) in [4.78, 5) is 88.3. The van der Waals surface area contributed by atoms with Crippen LogP contribution in [-0.2, 0) is 70.5 Å². The number of hydrogen-bond donors (Lipinski definition) is 12. The molecule has 0 saturated heterocycles. The monoisotopic (exact) mass is 1550 g/mol. The average molecular weight is 1550 g/mol. The second-order valence-electron chi connectivity index (χ2n) is 30.6. The summed E-state index contributed by atoms with van der Waals surface area (Å²) >= 11 is 0. The highest BCUT2D eigenvalue weighted by molar-refractivity contribution is 5.97. The number of phenols is 4. The molecular formula is C92H94N16O8. The number of carbonyl (C=O) groups is 4. The minimum Gasteiger partial charge on any atom is -0.508 e. The lowest BCUT2D eigenvalue weighted by Gasteiger charge is -2.23. The number of carbonyl (C=O) groups excluding carboxylic acids is 4. The van der Waals surface area contributed by atoms with E-state index in [1.54, 1.807) is 97.1 Å². The number of amides is 4. The molecule has 16 N–H and O–H groups in total. The number of benzene rings is 8. The molecule has 1 atom stereocenters. The fourth-order valence-electron chi connectivity index (χ4n) is 15.3. The summed E-state index contributed by atoms with van der Waals surface area (Å²) in [5.74, 6) is 2.74. The highest BCUT2D eigenvalue weighted by Crippen LogP contribution is 2.43. The van der Waals surface area contributed by atoms with Crippen molar-refractivity contribution in [2.45, 2.75) is 137 Å². The van der Waals surface area contributed by atoms with Crippen molar-refractivity contribution in [3.8, 4) is 113 Å². The Morgan fingerprint density at radius 3 is 0.957 bits per heavy atom. The van der Waals surface area contributed by atoms with Crippen LogP contribution in [0.1, 0.15) is 131 Å². The Bertz CT molecular complexity index is 5720. The Labute approximate surface area is 672 Å². The van der Waals surface area contributed by atoms with Crippen LogP contribution in [-0.4, -0.2) is 83.9 Å². The SMILES string of the molecule is CC(=O)Nc1nc2c(nc1-c1ccc(O)cc1)-c1ccc(N)cc1CC2.CC(C)CC(=O)Nc1nc2c(nc1-c1ccc(O)cc1)-c1ccc(N)cc1CC2.CCC(C)C(=O)Nc1nc2c(nc1-c1ccc(O)cc1)-c1ccc(N)cc1CC2.Nc1ccc2c(c1)CCc1nc(NC(=O)CC3CCCCC3)c(-c3ccc(O)cc3)nc1-2. The van der Waals surface area contributed by atoms with Gasteiger partial charge in [0.1, 0.15) is 45.8 Å². The first kappa shape index (κ1) is 79.0. The molecule has 0 aliphatic heterocycles. The third-order valence-corrected chi connectivity index (χ3v) is 21.4. The molecule has 5 aliphatic rings. The van der Waals surface area contributed by atoms with Crippen molar-refractivity contribution in [2.24, 2.45) is 17.8 Å². The summed E-state index contributed by atoms with van der Waals surface area (Å²) in [6, 6.07) is 50.4. The number of nitrogens with zero attached hydrogens (tertiary/aromatic N) is 8. The van der Waals surface area contributed by atoms with Crippen LogP contribution >= 0.6 is 0 Å². The van der Waals surface area contributed by atoms with Crippen molar-refractivity contribution in [3.05, 3.63) is 215 Å². The Morgan fingerprint density at radius 2 is 0.664 bits per heavy atom. The van der Waals surface area contributed by atoms with Gasteiger partial charge in [-0.15, -0.1) is 0 Å². The first-order valence-electron chi connectivity index (χ1n) is 39.5. The first-order valence-corrected chi connectivity index (χ1v) is 39.5. The third kappa shape index (κ3) is 18.4. The van der Waals surface area contributed by atoms with Gasteiger partial charge in [0.05, 0.1) is 45.6 Å². The minimum atomic E-state index is -0.205. The molecule has 24 nitrogen and oxygen atoms in total. The summed E-state index contributed by atoms with van der Waals surface area (Å²) in [7, 11) is 0. The molecule has 4 amide bonds. The van der Waals surface area contributed by atoms with Crippen LogP contribution in [0.2, 0.25) is 0 Å². The van der Waals surface area contributed by atoms with Crippen LogP contribution in [0.15, 0.2) is 170 Å². The van der Waals surface area contributed by atoms with Crippen molar-refractivity contribution in [3.63, 3.8) is 0 Å². The molecule has 17 rings (SSSR count). The number of hydrogen-bond acceptors (Lipinski definition) is 20. The highest BCUT2D eigenvalue weighted by atomic mass is 16.3. The van der Waals surface area contributed by atoms with Gasteiger partial charge >= 0.3 is 0 Å². The lowest BCUT2D eigenvalue weighted by molar-refractivity contribution is -0.119. The molecule has 0 bridgehead atoms. The van der Waals surface area contributed by atoms with E-state index in [0.29, 0.717) is 64.8 Å². The molecule has 1 fully saturated rings. The Balaban J connectivity index is 0.000000128. The van der Waals surface area contributed by atoms with Gasteiger partial charge in [0, 0.05) is 92.9 Å². The van der Waals surface area contributed by atoms with Crippen molar-refractivity contribution in [1.82, 2.24) is 39.9 Å². The zero-order chi connectivity index (χ0) is 81.4. The molecule has 5 aliphatic carbocycles. The topological polar surface area (TPSA) is 405 Å². The number of aromatic nitrogens is 8. The van der Waals surface area contributed by atoms with E-state index in [4.69, 9.17) is 57.8 Å². The van der Waals surface area contributed by atoms with Gasteiger partial charge in [-0.25, -0.2) is 39.9 Å². The lowest BCUT2D eigenvalue weighted by Crippen LogP contribution is -2.22. The number of nitrogen functional groups attached to an aromatic ring is 4. The maximum atomic E-state index is 12.9. The second-order valence-corrected chi connectivity index (χ2v) is 30.6. The zero-order valence-corrected chi connectivity index (χ0v) is 65.5. The van der Waals surface area contributed by atoms with Crippen LogP contribution in [0.25, 0.3) is 90.1 Å². The van der Waals surface area contributed by atoms with E-state index in [1.165, 1.54) is 26.2 Å². The number of fused-ring (bicyclic) bond motifs is 12. The number of nitrogens with two attached hydrogens (primary N) is 4. The highest BCUT2D eigenvalue weighted by Gasteiger charge is 2.30. The predicted molar refractivity (Wildman–Crippen MR) is 456 cm³/mol. The van der Waals surface area contributed by atoms with Crippen LogP contribution in [0.5, 0.6) is 23.0 Å². The number of phenolic OH excluding ortho intramolecular Hbond substituents is 4. The van der Waals surface area contributed by atoms with Gasteiger partial charge in [-0.3, -0.25) is 19.2 Å². The first-order chi connectivity index (χ1) is 55.9. The number of aromatic hydroxyl groups is 4. The fraction of sp³-hybridized carbons (Fsp3) is 0.261. The Hall–Kier alpha value is -13.6. The van der Waals surface area contributed by atoms with Crippen molar-refractivity contribution in [1.29, 1.82) is 0 Å². The summed E-state index contributed by atoms with van der Waals surface area (Å²) < 4.78 is 0. The van der Waals surface area contributed by atoms with Gasteiger partial charge in [0.25, 0.3) is 0 Å². The molecule has 0 spiro atoms. The maximum absolute atomic E-state index is 12.9. The van der Waals surface area contributed by atoms with E-state index >= 15 is 0 Å². The van der Waals surface area contributed by atoms with Gasteiger partial charge in [-0.2, -0.15) is 0 Å². The van der Waals surface area contributed by atoms with Crippen molar-refractivity contribution >= 4 is 69.6 Å². The summed E-state index contributed by atoms with van der Waals surface area (Å²) in [6.45, 7) is 9.32. The fourth-order valence-corrected chi connectivity index (χ4v) is 15.3. The maximum Gasteiger partial charge on any atom is 0.228 e. The molecule has 8 aromatic carbocycles. The number of anilines is 8. The van der Waals surface area contributed by atoms with E-state index in [2.05, 4.69) is 26.3 Å². The molecule has 116 heavy (non-hydrogen) atoms. The largest absolute Gasteiger partial charge is 0.508 e. The molecule has 12 aromatic rings. The smallest absolute Gasteiger partial charge is 0.228 e. The van der Waals surface area contributed by atoms with Crippen molar-refractivity contribution in [2.75, 3.05) is 44.2 Å². The standard InChI is InChI=1S/C26H28N4O2.2C23H24N4O2.C20H18N4O2/c27-19-9-12-21-18(15-19)8-13-22-25(21)30-24(17-6-10-20(31)11-7-17)26(28-22)29-23(32)14-16-4-2-1-3-5-16;1-13(2)11-20(29)26-23-21(14-3-7-17(28)8-4-14)27-22-18-9-6-16(24)12-15(18)5-10-19(22)25-23;1-3-13(2)23(29)27-22-20(14-4-8-17(28)9-5-14)26-21-18-10-7-16(24)12-15(18)6-11-19(21)25-22;1-11(25)22-20-18(12-2-6-15(26)7-3-12)24-19-16-8-5-14(21)10-13(16)4-9-17(19)23-20/h6-7,9-12,15-16,31H,1-5,8,13-14,27H2,(H,28,29,32);3-4,6-9,12-13,28H,5,10-11,24H2,1-2H3,(H,25,26,29);4-5,7-10,12-13,28H,3,6,11,24H2,1-2H3,(H,25,27,29);2-3,5-8,10,26H,4,9,21H2,1H3,(H,22,23,25). The van der Waals surface area contributed by atoms with Crippen LogP contribution < -0.4 is 44.2 Å². The molecule has 4 heterocycles. The molecule has 590 valence electrons. The normalized spacial score (nSPS) is 13.5. The molecule has 24 heteroatoms. The zero-order valence-electron chi connectivity index (χ0n) is 65.5. The number of rotatable bonds is 14. The molecular weight excluding hydrogens is 1460 g/mol. The van der Waals surface area contributed by atoms with Gasteiger partial charge in [0.15, 0.2) is 23.3 Å². The predicted octanol–water partition coefficient (Wildman–Crippen LogP) is 16.6. The average Bonchev–Trinajstić information content (AvgIpc) is 0.780. The molecule has 0 radical (unpaired) electrons. The van der Waals surface area contributed by atoms with E-state index in [0.717, 1.165) is 206 Å². The minimum absolute atomic E-state index is 0.00448. The number of aryl methyl sites for hydroxylation is 8. The van der Waals surface area contributed by atoms with Crippen molar-refractivity contribution < 1.29 is 39.6 Å². The molecule has 4 aromatic heterocycles. The van der Waals surface area contributed by atoms with E-state index < -0.39 is 0 Å². The Kier molecular flexibility index (Phi) is 23.7. The van der Waals surface area contributed by atoms with Crippen LogP contribution in [0.3, 0.4) is 0 Å². The van der Waals surface area contributed by atoms with Gasteiger partial charge in [0.2, 0.25) is 23.6 Å². The summed E-state index contributed by atoms with van der Waals surface area (Å²) in [5.41, 5.74) is 47.7. The summed E-state index contributed by atoms with van der Waals surface area (Å²) in [6.07, 6.45) is 13.9. The molecule has 1 unspecified atom stereocenters. The van der Waals surface area contributed by atoms with Crippen LogP contribution in [0.4, 0.5) is 46.0 Å².